The second kappa shape index (κ2) is 3.68. The summed E-state index contributed by atoms with van der Waals surface area (Å²) in [6.45, 7) is 3.20. The molecule has 0 aliphatic heterocycles. The van der Waals surface area contributed by atoms with Crippen LogP contribution in [0.5, 0.6) is 0 Å². The summed E-state index contributed by atoms with van der Waals surface area (Å²) in [7, 11) is -3.59. The van der Waals surface area contributed by atoms with Gasteiger partial charge in [0.2, 0.25) is 15.9 Å². The number of hydrogen-bond donors (Lipinski definition) is 2. The molecule has 0 heterocycles. The highest BCUT2D eigenvalue weighted by molar-refractivity contribution is 7.89. The molecule has 6 heteroatoms. The van der Waals surface area contributed by atoms with E-state index in [0.29, 0.717) is 0 Å². The van der Waals surface area contributed by atoms with Crippen molar-refractivity contribution in [3.05, 3.63) is 0 Å². The second-order valence-corrected chi connectivity index (χ2v) is 4.17. The van der Waals surface area contributed by atoms with Crippen molar-refractivity contribution in [1.29, 1.82) is 0 Å². The van der Waals surface area contributed by atoms with Gasteiger partial charge in [0.15, 0.2) is 0 Å². The van der Waals surface area contributed by atoms with Crippen LogP contribution in [0.4, 0.5) is 0 Å². The van der Waals surface area contributed by atoms with Crippen LogP contribution in [-0.2, 0) is 14.8 Å². The van der Waals surface area contributed by atoms with Crippen molar-refractivity contribution in [2.75, 3.05) is 5.88 Å². The lowest BCUT2D eigenvalue weighted by Gasteiger charge is -2.05. The summed E-state index contributed by atoms with van der Waals surface area (Å²) >= 11 is 0. The number of nitrogens with one attached hydrogen (secondary N) is 1. The first-order valence-electron chi connectivity index (χ1n) is 3.13. The van der Waals surface area contributed by atoms with Crippen LogP contribution in [0.25, 0.3) is 0 Å². The van der Waals surface area contributed by atoms with Crippen molar-refractivity contribution in [1.82, 2.24) is 4.72 Å². The molecular formula is C5H12N2O3S. The summed E-state index contributed by atoms with van der Waals surface area (Å²) < 4.78 is 23.1. The van der Waals surface area contributed by atoms with Gasteiger partial charge in [0.05, 0.1) is 0 Å². The number of carbonyl (C=O) groups excluding carboxylic acids is 1. The van der Waals surface area contributed by atoms with Crippen molar-refractivity contribution in [3.8, 4) is 0 Å². The highest BCUT2D eigenvalue weighted by atomic mass is 32.2. The van der Waals surface area contributed by atoms with Crippen LogP contribution < -0.4 is 10.5 Å². The number of carbonyl (C=O) groups is 1. The molecule has 0 saturated heterocycles. The van der Waals surface area contributed by atoms with Crippen molar-refractivity contribution < 1.29 is 13.2 Å². The zero-order valence-electron chi connectivity index (χ0n) is 6.49. The third kappa shape index (κ3) is 3.94. The highest BCUT2D eigenvalue weighted by Gasteiger charge is 2.14. The Morgan fingerprint density at radius 3 is 2.27 bits per heavy atom. The van der Waals surface area contributed by atoms with Gasteiger partial charge in [0, 0.05) is 5.92 Å². The maximum Gasteiger partial charge on any atom is 0.247 e. The second-order valence-electron chi connectivity index (χ2n) is 2.40. The summed E-state index contributed by atoms with van der Waals surface area (Å²) in [6.07, 6.45) is 0. The molecule has 0 spiro atoms. The molecule has 0 atom stereocenters. The quantitative estimate of drug-likeness (QED) is 0.583. The molecule has 0 unspecified atom stereocenters. The molecule has 0 saturated carbocycles. The molecule has 5 nitrogen and oxygen atoms in total. The molecule has 0 radical (unpaired) electrons. The first-order valence-corrected chi connectivity index (χ1v) is 4.78. The van der Waals surface area contributed by atoms with Gasteiger partial charge in [-0.05, 0) is 0 Å². The van der Waals surface area contributed by atoms with Gasteiger partial charge in [-0.3, -0.25) is 9.52 Å². The molecular weight excluding hydrogens is 168 g/mol. The lowest BCUT2D eigenvalue weighted by Crippen LogP contribution is -2.37. The van der Waals surface area contributed by atoms with Crippen molar-refractivity contribution in [2.24, 2.45) is 11.7 Å². The molecule has 0 rings (SSSR count). The number of sulfonamides is 1. The summed E-state index contributed by atoms with van der Waals surface area (Å²) in [5.41, 5.74) is 4.85. The monoisotopic (exact) mass is 180 g/mol. The number of amides is 1. The van der Waals surface area contributed by atoms with Crippen LogP contribution in [-0.4, -0.2) is 20.2 Å². The van der Waals surface area contributed by atoms with Gasteiger partial charge in [-0.15, -0.1) is 0 Å². The average Bonchev–Trinajstić information content (AvgIpc) is 1.87. The molecule has 0 aliphatic rings. The molecule has 0 aromatic rings. The molecule has 66 valence electrons. The molecule has 1 amide bonds. The zero-order valence-corrected chi connectivity index (χ0v) is 7.31. The van der Waals surface area contributed by atoms with Crippen LogP contribution in [0, 0.1) is 5.92 Å². The van der Waals surface area contributed by atoms with Crippen LogP contribution in [0.2, 0.25) is 0 Å². The van der Waals surface area contributed by atoms with Gasteiger partial charge in [-0.25, -0.2) is 8.42 Å². The minimum atomic E-state index is -3.59. The van der Waals surface area contributed by atoms with E-state index < -0.39 is 21.8 Å². The fraction of sp³-hybridized carbons (Fsp3) is 0.800. The van der Waals surface area contributed by atoms with Crippen LogP contribution >= 0.6 is 0 Å². The Morgan fingerprint density at radius 2 is 2.00 bits per heavy atom. The van der Waals surface area contributed by atoms with E-state index in [4.69, 9.17) is 5.73 Å². The number of hydrogen-bond acceptors (Lipinski definition) is 4. The summed E-state index contributed by atoms with van der Waals surface area (Å²) in [5, 5.41) is 0. The molecule has 3 N–H and O–H groups in total. The predicted molar refractivity (Wildman–Crippen MR) is 41.0 cm³/mol. The molecule has 0 aliphatic carbocycles. The first-order chi connectivity index (χ1) is 4.89. The van der Waals surface area contributed by atoms with Gasteiger partial charge in [-0.1, -0.05) is 13.8 Å². The number of nitrogens with two attached hydrogens (primary N) is 1. The van der Waals surface area contributed by atoms with E-state index in [1.54, 1.807) is 13.8 Å². The molecule has 0 aromatic carbocycles. The van der Waals surface area contributed by atoms with Crippen molar-refractivity contribution >= 4 is 15.9 Å². The lowest BCUT2D eigenvalue weighted by molar-refractivity contribution is -0.122. The average molecular weight is 180 g/mol. The third-order valence-corrected chi connectivity index (χ3v) is 1.95. The maximum atomic E-state index is 10.8. The minimum absolute atomic E-state index is 0.351. The van der Waals surface area contributed by atoms with Gasteiger partial charge in [0.25, 0.3) is 0 Å². The van der Waals surface area contributed by atoms with E-state index in [1.807, 2.05) is 4.72 Å². The first kappa shape index (κ1) is 10.4. The fourth-order valence-corrected chi connectivity index (χ4v) is 0.938. The topological polar surface area (TPSA) is 89.3 Å². The summed E-state index contributed by atoms with van der Waals surface area (Å²) in [6, 6.07) is 0. The Balaban J connectivity index is 4.17. The van der Waals surface area contributed by atoms with Gasteiger partial charge in [-0.2, -0.15) is 0 Å². The normalized spacial score (nSPS) is 11.6. The molecule has 0 fully saturated rings. The Morgan fingerprint density at radius 1 is 1.55 bits per heavy atom. The molecule has 0 bridgehead atoms. The molecule has 11 heavy (non-hydrogen) atoms. The van der Waals surface area contributed by atoms with Crippen LogP contribution in [0.3, 0.4) is 0 Å². The van der Waals surface area contributed by atoms with E-state index in [-0.39, 0.29) is 5.92 Å². The Hall–Kier alpha value is -0.620. The fourth-order valence-electron chi connectivity index (χ4n) is 0.313. The Labute approximate surface area is 66.0 Å². The van der Waals surface area contributed by atoms with Crippen molar-refractivity contribution in [2.45, 2.75) is 13.8 Å². The third-order valence-electron chi connectivity index (χ3n) is 1.000. The SMILES string of the molecule is CC(C)C(=O)NS(=O)(=O)CN. The Kier molecular flexibility index (Phi) is 3.47. The van der Waals surface area contributed by atoms with Gasteiger partial charge < -0.3 is 5.73 Å². The maximum absolute atomic E-state index is 10.8. The van der Waals surface area contributed by atoms with E-state index in [2.05, 4.69) is 0 Å². The number of rotatable bonds is 3. The van der Waals surface area contributed by atoms with E-state index >= 15 is 0 Å². The van der Waals surface area contributed by atoms with E-state index in [1.165, 1.54) is 0 Å². The zero-order chi connectivity index (χ0) is 9.07. The lowest BCUT2D eigenvalue weighted by atomic mass is 10.2. The van der Waals surface area contributed by atoms with Gasteiger partial charge >= 0.3 is 0 Å². The standard InChI is InChI=1S/C5H12N2O3S/c1-4(2)5(8)7-11(9,10)3-6/h4H,3,6H2,1-2H3,(H,7,8). The summed E-state index contributed by atoms with van der Waals surface area (Å²) in [5.74, 6) is -1.45. The van der Waals surface area contributed by atoms with Gasteiger partial charge in [0.1, 0.15) is 5.88 Å². The highest BCUT2D eigenvalue weighted by Crippen LogP contribution is 1.92. The van der Waals surface area contributed by atoms with Crippen LogP contribution in [0.1, 0.15) is 13.8 Å². The van der Waals surface area contributed by atoms with E-state index in [9.17, 15) is 13.2 Å². The van der Waals surface area contributed by atoms with Crippen molar-refractivity contribution in [3.63, 3.8) is 0 Å². The largest absolute Gasteiger partial charge is 0.316 e. The predicted octanol–water partition coefficient (Wildman–Crippen LogP) is -0.995. The smallest absolute Gasteiger partial charge is 0.247 e. The molecule has 0 aromatic heterocycles. The van der Waals surface area contributed by atoms with Crippen LogP contribution in [0.15, 0.2) is 0 Å². The Bertz CT molecular complexity index is 232. The van der Waals surface area contributed by atoms with E-state index in [0.717, 1.165) is 0 Å². The minimum Gasteiger partial charge on any atom is -0.316 e. The summed E-state index contributed by atoms with van der Waals surface area (Å²) in [4.78, 5) is 10.8.